The van der Waals surface area contributed by atoms with Crippen molar-refractivity contribution in [1.82, 2.24) is 15.5 Å². The van der Waals surface area contributed by atoms with E-state index >= 15 is 0 Å². The molecule has 4 nitrogen and oxygen atoms in total. The first kappa shape index (κ1) is 16.5. The normalized spacial score (nSPS) is 12.3. The van der Waals surface area contributed by atoms with E-state index in [4.69, 9.17) is 16.1 Å². The van der Waals surface area contributed by atoms with E-state index < -0.39 is 11.6 Å². The number of hydrogen-bond donors (Lipinski definition) is 1. The predicted octanol–water partition coefficient (Wildman–Crippen LogP) is 4.52. The van der Waals surface area contributed by atoms with Crippen LogP contribution in [0.4, 0.5) is 8.78 Å². The summed E-state index contributed by atoms with van der Waals surface area (Å²) in [7, 11) is 0. The fourth-order valence-corrected chi connectivity index (χ4v) is 2.37. The van der Waals surface area contributed by atoms with Crippen molar-refractivity contribution in [3.63, 3.8) is 0 Å². The van der Waals surface area contributed by atoms with E-state index in [0.717, 1.165) is 11.6 Å². The summed E-state index contributed by atoms with van der Waals surface area (Å²) in [6.45, 7) is 2.03. The van der Waals surface area contributed by atoms with Gasteiger partial charge in [0.15, 0.2) is 0 Å². The molecule has 0 spiro atoms. The molecule has 2 aromatic carbocycles. The monoisotopic (exact) mass is 349 g/mol. The fourth-order valence-electron chi connectivity index (χ4n) is 2.25. The molecule has 1 heterocycles. The largest absolute Gasteiger partial charge is 0.338 e. The van der Waals surface area contributed by atoms with Gasteiger partial charge in [-0.1, -0.05) is 22.8 Å². The van der Waals surface area contributed by atoms with Crippen molar-refractivity contribution in [2.75, 3.05) is 0 Å². The minimum absolute atomic E-state index is 0.262. The van der Waals surface area contributed by atoms with Gasteiger partial charge in [-0.05, 0) is 37.3 Å². The summed E-state index contributed by atoms with van der Waals surface area (Å²) < 4.78 is 31.9. The Kier molecular flexibility index (Phi) is 4.87. The molecule has 0 fully saturated rings. The number of benzene rings is 2. The second kappa shape index (κ2) is 7.07. The van der Waals surface area contributed by atoms with Crippen molar-refractivity contribution >= 4 is 11.6 Å². The van der Waals surface area contributed by atoms with Gasteiger partial charge in [0.1, 0.15) is 11.6 Å². The first-order chi connectivity index (χ1) is 11.5. The van der Waals surface area contributed by atoms with Gasteiger partial charge < -0.3 is 9.84 Å². The Morgan fingerprint density at radius 3 is 2.62 bits per heavy atom. The highest BCUT2D eigenvalue weighted by Gasteiger charge is 2.14. The maximum absolute atomic E-state index is 13.7. The summed E-state index contributed by atoms with van der Waals surface area (Å²) in [5.74, 6) is -0.381. The summed E-state index contributed by atoms with van der Waals surface area (Å²) >= 11 is 5.84. The third-order valence-electron chi connectivity index (χ3n) is 3.56. The van der Waals surface area contributed by atoms with Gasteiger partial charge in [0.25, 0.3) is 0 Å². The van der Waals surface area contributed by atoms with Crippen molar-refractivity contribution in [2.45, 2.75) is 19.5 Å². The zero-order chi connectivity index (χ0) is 17.1. The van der Waals surface area contributed by atoms with Gasteiger partial charge in [0.2, 0.25) is 11.7 Å². The van der Waals surface area contributed by atoms with Gasteiger partial charge in [-0.2, -0.15) is 4.98 Å². The maximum Gasteiger partial charge on any atom is 0.240 e. The van der Waals surface area contributed by atoms with Crippen molar-refractivity contribution in [3.8, 4) is 11.4 Å². The van der Waals surface area contributed by atoms with Crippen LogP contribution in [-0.2, 0) is 6.54 Å². The van der Waals surface area contributed by atoms with Crippen LogP contribution in [0.3, 0.4) is 0 Å². The zero-order valence-corrected chi connectivity index (χ0v) is 13.5. The Morgan fingerprint density at radius 1 is 1.17 bits per heavy atom. The van der Waals surface area contributed by atoms with Gasteiger partial charge in [0, 0.05) is 28.3 Å². The first-order valence-corrected chi connectivity index (χ1v) is 7.67. The van der Waals surface area contributed by atoms with Crippen LogP contribution in [0.1, 0.15) is 24.4 Å². The molecule has 24 heavy (non-hydrogen) atoms. The van der Waals surface area contributed by atoms with E-state index in [9.17, 15) is 8.78 Å². The highest BCUT2D eigenvalue weighted by atomic mass is 35.5. The Morgan fingerprint density at radius 2 is 1.92 bits per heavy atom. The average Bonchev–Trinajstić information content (AvgIpc) is 3.02. The molecule has 0 aliphatic heterocycles. The van der Waals surface area contributed by atoms with Gasteiger partial charge in [-0.15, -0.1) is 0 Å². The SMILES string of the molecule is CC(NCc1nc(-c2ccc(Cl)cc2)no1)c1ccc(F)cc1F. The molecular weight excluding hydrogens is 336 g/mol. The molecule has 3 rings (SSSR count). The molecule has 0 radical (unpaired) electrons. The molecule has 7 heteroatoms. The lowest BCUT2D eigenvalue weighted by atomic mass is 10.1. The fraction of sp³-hybridized carbons (Fsp3) is 0.176. The topological polar surface area (TPSA) is 51.0 Å². The summed E-state index contributed by atoms with van der Waals surface area (Å²) in [6.07, 6.45) is 0. The second-order valence-electron chi connectivity index (χ2n) is 5.29. The minimum Gasteiger partial charge on any atom is -0.338 e. The van der Waals surface area contributed by atoms with Crippen molar-refractivity contribution < 1.29 is 13.3 Å². The molecule has 0 bridgehead atoms. The summed E-state index contributed by atoms with van der Waals surface area (Å²) in [4.78, 5) is 4.28. The van der Waals surface area contributed by atoms with E-state index in [0.29, 0.717) is 22.3 Å². The molecule has 1 N–H and O–H groups in total. The van der Waals surface area contributed by atoms with E-state index in [2.05, 4.69) is 15.5 Å². The van der Waals surface area contributed by atoms with Crippen molar-refractivity contribution in [2.24, 2.45) is 0 Å². The van der Waals surface area contributed by atoms with Crippen LogP contribution in [0, 0.1) is 11.6 Å². The molecule has 1 aromatic heterocycles. The number of rotatable bonds is 5. The molecule has 1 unspecified atom stereocenters. The maximum atomic E-state index is 13.7. The van der Waals surface area contributed by atoms with Gasteiger partial charge in [-0.3, -0.25) is 0 Å². The number of nitrogens with zero attached hydrogens (tertiary/aromatic N) is 2. The van der Waals surface area contributed by atoms with Gasteiger partial charge >= 0.3 is 0 Å². The lowest BCUT2D eigenvalue weighted by Crippen LogP contribution is -2.19. The first-order valence-electron chi connectivity index (χ1n) is 7.30. The third-order valence-corrected chi connectivity index (χ3v) is 3.81. The van der Waals surface area contributed by atoms with Crippen LogP contribution >= 0.6 is 11.6 Å². The lowest BCUT2D eigenvalue weighted by molar-refractivity contribution is 0.359. The Bertz CT molecular complexity index is 836. The van der Waals surface area contributed by atoms with Gasteiger partial charge in [-0.25, -0.2) is 8.78 Å². The lowest BCUT2D eigenvalue weighted by Gasteiger charge is -2.13. The second-order valence-corrected chi connectivity index (χ2v) is 5.72. The smallest absolute Gasteiger partial charge is 0.240 e. The molecule has 0 aliphatic rings. The predicted molar refractivity (Wildman–Crippen MR) is 86.4 cm³/mol. The summed E-state index contributed by atoms with van der Waals surface area (Å²) in [6, 6.07) is 10.2. The van der Waals surface area contributed by atoms with E-state index in [1.54, 1.807) is 31.2 Å². The van der Waals surface area contributed by atoms with E-state index in [-0.39, 0.29) is 12.6 Å². The average molecular weight is 350 g/mol. The Balaban J connectivity index is 1.65. The number of hydrogen-bond acceptors (Lipinski definition) is 4. The van der Waals surface area contributed by atoms with Crippen LogP contribution in [-0.4, -0.2) is 10.1 Å². The molecule has 0 saturated heterocycles. The minimum atomic E-state index is -0.604. The van der Waals surface area contributed by atoms with Crippen LogP contribution in [0.25, 0.3) is 11.4 Å². The standard InChI is InChI=1S/C17H14ClF2N3O/c1-10(14-7-6-13(19)8-15(14)20)21-9-16-22-17(23-24-16)11-2-4-12(18)5-3-11/h2-8,10,21H,9H2,1H3. The van der Waals surface area contributed by atoms with Crippen molar-refractivity contribution in [1.29, 1.82) is 0 Å². The number of nitrogens with one attached hydrogen (secondary N) is 1. The van der Waals surface area contributed by atoms with Crippen molar-refractivity contribution in [3.05, 3.63) is 70.6 Å². The molecule has 124 valence electrons. The Labute approximate surface area is 142 Å². The molecule has 0 aliphatic carbocycles. The zero-order valence-electron chi connectivity index (χ0n) is 12.8. The number of aromatic nitrogens is 2. The highest BCUT2D eigenvalue weighted by molar-refractivity contribution is 6.30. The van der Waals surface area contributed by atoms with Crippen LogP contribution in [0.2, 0.25) is 5.02 Å². The Hall–Kier alpha value is -2.31. The van der Waals surface area contributed by atoms with E-state index in [1.807, 2.05) is 0 Å². The summed E-state index contributed by atoms with van der Waals surface area (Å²) in [5, 5.41) is 7.60. The highest BCUT2D eigenvalue weighted by Crippen LogP contribution is 2.20. The molecule has 0 saturated carbocycles. The van der Waals surface area contributed by atoms with Crippen LogP contribution in [0.15, 0.2) is 47.0 Å². The molecule has 0 amide bonds. The summed E-state index contributed by atoms with van der Waals surface area (Å²) in [5.41, 5.74) is 1.15. The third kappa shape index (κ3) is 3.77. The quantitative estimate of drug-likeness (QED) is 0.735. The molecule has 1 atom stereocenters. The van der Waals surface area contributed by atoms with Crippen LogP contribution in [0.5, 0.6) is 0 Å². The molecule has 3 aromatic rings. The van der Waals surface area contributed by atoms with Gasteiger partial charge in [0.05, 0.1) is 6.54 Å². The van der Waals surface area contributed by atoms with E-state index in [1.165, 1.54) is 12.1 Å². The molecular formula is C17H14ClF2N3O. The number of halogens is 3. The van der Waals surface area contributed by atoms with Crippen LogP contribution < -0.4 is 5.32 Å².